The molecule has 0 aliphatic rings. The second-order valence-corrected chi connectivity index (χ2v) is 6.14. The van der Waals surface area contributed by atoms with Crippen LogP contribution >= 0.6 is 0 Å². The van der Waals surface area contributed by atoms with Gasteiger partial charge in [0.05, 0.1) is 11.4 Å². The zero-order chi connectivity index (χ0) is 17.4. The normalized spacial score (nSPS) is 11.4. The van der Waals surface area contributed by atoms with E-state index in [0.29, 0.717) is 23.5 Å². The number of nitrogens with zero attached hydrogens (tertiary/aromatic N) is 6. The lowest BCUT2D eigenvalue weighted by Gasteiger charge is -2.11. The lowest BCUT2D eigenvalue weighted by Crippen LogP contribution is -2.24. The molecule has 0 saturated carbocycles. The average molecular weight is 329 g/mol. The third kappa shape index (κ3) is 2.79. The summed E-state index contributed by atoms with van der Waals surface area (Å²) in [5, 5.41) is 12.0. The van der Waals surface area contributed by atoms with Gasteiger partial charge in [-0.15, -0.1) is 0 Å². The quantitative estimate of drug-likeness (QED) is 0.713. The van der Waals surface area contributed by atoms with Gasteiger partial charge in [-0.25, -0.2) is 4.98 Å². The van der Waals surface area contributed by atoms with Crippen LogP contribution in [0.2, 0.25) is 0 Å². The first-order valence-corrected chi connectivity index (χ1v) is 8.03. The molecule has 0 bridgehead atoms. The Morgan fingerprint density at radius 1 is 1.17 bits per heavy atom. The molecule has 0 aromatic carbocycles. The first kappa shape index (κ1) is 16.2. The van der Waals surface area contributed by atoms with Crippen LogP contribution in [0.1, 0.15) is 23.5 Å². The Morgan fingerprint density at radius 3 is 2.58 bits per heavy atom. The van der Waals surface area contributed by atoms with Crippen molar-refractivity contribution < 1.29 is 0 Å². The summed E-state index contributed by atoms with van der Waals surface area (Å²) in [6.07, 6.45) is 0.891. The molecular weight excluding hydrogens is 306 g/mol. The molecule has 0 aliphatic heterocycles. The fourth-order valence-electron chi connectivity index (χ4n) is 2.94. The first-order chi connectivity index (χ1) is 11.4. The average Bonchev–Trinajstić information content (AvgIpc) is 2.98. The summed E-state index contributed by atoms with van der Waals surface area (Å²) in [6, 6.07) is 2.07. The summed E-state index contributed by atoms with van der Waals surface area (Å²) >= 11 is 0. The third-order valence-electron chi connectivity index (χ3n) is 4.17. The predicted molar refractivity (Wildman–Crippen MR) is 93.3 cm³/mol. The molecule has 0 spiro atoms. The smallest absolute Gasteiger partial charge is 0.280 e. The van der Waals surface area contributed by atoms with Crippen molar-refractivity contribution in [3.05, 3.63) is 33.5 Å². The highest BCUT2D eigenvalue weighted by molar-refractivity contribution is 5.77. The number of rotatable bonds is 5. The molecule has 0 aliphatic carbocycles. The number of fused-ring (bicyclic) bond motifs is 1. The number of anilines is 1. The van der Waals surface area contributed by atoms with Gasteiger partial charge < -0.3 is 5.32 Å². The van der Waals surface area contributed by atoms with E-state index in [1.54, 1.807) is 18.8 Å². The highest BCUT2D eigenvalue weighted by Gasteiger charge is 2.14. The van der Waals surface area contributed by atoms with Gasteiger partial charge in [0.25, 0.3) is 5.56 Å². The van der Waals surface area contributed by atoms with Crippen molar-refractivity contribution in [3.63, 3.8) is 0 Å². The largest absolute Gasteiger partial charge is 0.355 e. The topological polar surface area (TPSA) is 82.6 Å². The molecule has 0 unspecified atom stereocenters. The van der Waals surface area contributed by atoms with Crippen LogP contribution in [0.5, 0.6) is 0 Å². The van der Waals surface area contributed by atoms with E-state index in [1.807, 2.05) is 18.5 Å². The summed E-state index contributed by atoms with van der Waals surface area (Å²) in [4.78, 5) is 17.1. The maximum absolute atomic E-state index is 12.5. The van der Waals surface area contributed by atoms with Crippen LogP contribution in [0.25, 0.3) is 11.0 Å². The zero-order valence-electron chi connectivity index (χ0n) is 14.8. The Kier molecular flexibility index (Phi) is 4.13. The molecule has 3 heterocycles. The molecule has 0 radical (unpaired) electrons. The first-order valence-electron chi connectivity index (χ1n) is 8.03. The lowest BCUT2D eigenvalue weighted by molar-refractivity contribution is 0.572. The van der Waals surface area contributed by atoms with Gasteiger partial charge in [0, 0.05) is 32.9 Å². The van der Waals surface area contributed by atoms with Crippen molar-refractivity contribution in [2.24, 2.45) is 14.1 Å². The molecule has 8 nitrogen and oxygen atoms in total. The Labute approximate surface area is 140 Å². The van der Waals surface area contributed by atoms with Gasteiger partial charge in [-0.1, -0.05) is 0 Å². The van der Waals surface area contributed by atoms with Crippen LogP contribution in [-0.2, 0) is 20.6 Å². The van der Waals surface area contributed by atoms with Gasteiger partial charge >= 0.3 is 0 Å². The van der Waals surface area contributed by atoms with Gasteiger partial charge in [-0.2, -0.15) is 10.2 Å². The maximum Gasteiger partial charge on any atom is 0.280 e. The lowest BCUT2D eigenvalue weighted by atomic mass is 10.3. The Balaban J connectivity index is 1.73. The van der Waals surface area contributed by atoms with E-state index in [0.717, 1.165) is 30.0 Å². The van der Waals surface area contributed by atoms with Crippen LogP contribution < -0.4 is 10.9 Å². The molecule has 24 heavy (non-hydrogen) atoms. The molecule has 3 aromatic heterocycles. The van der Waals surface area contributed by atoms with Crippen LogP contribution in [0.4, 0.5) is 5.95 Å². The Morgan fingerprint density at radius 2 is 1.92 bits per heavy atom. The van der Waals surface area contributed by atoms with Crippen molar-refractivity contribution in [3.8, 4) is 0 Å². The number of aromatic nitrogens is 6. The minimum atomic E-state index is -0.0934. The number of hydrogen-bond donors (Lipinski definition) is 1. The van der Waals surface area contributed by atoms with Crippen molar-refractivity contribution in [1.29, 1.82) is 0 Å². The number of nitrogens with one attached hydrogen (secondary N) is 1. The molecule has 128 valence electrons. The monoisotopic (exact) mass is 329 g/mol. The standard InChI is InChI=1S/C16H23N7O/c1-10-9-11(2)23(19-10)8-6-7-17-16-18-13-12(3)20-22(5)14(13)15(24)21(16)4/h9H,6-8H2,1-5H3,(H,17,18). The van der Waals surface area contributed by atoms with Gasteiger partial charge in [0.15, 0.2) is 5.52 Å². The van der Waals surface area contributed by atoms with Gasteiger partial charge in [-0.3, -0.25) is 18.7 Å². The second kappa shape index (κ2) is 6.10. The molecule has 3 rings (SSSR count). The molecular formula is C16H23N7O. The molecule has 8 heteroatoms. The van der Waals surface area contributed by atoms with Gasteiger partial charge in [0.2, 0.25) is 5.95 Å². The number of aryl methyl sites for hydroxylation is 5. The summed E-state index contributed by atoms with van der Waals surface area (Å²) in [5.41, 5.74) is 4.04. The highest BCUT2D eigenvalue weighted by atomic mass is 16.1. The predicted octanol–water partition coefficient (Wildman–Crippen LogP) is 1.29. The van der Waals surface area contributed by atoms with Gasteiger partial charge in [-0.05, 0) is 33.3 Å². The number of hydrogen-bond acceptors (Lipinski definition) is 5. The maximum atomic E-state index is 12.5. The van der Waals surface area contributed by atoms with Crippen molar-refractivity contribution in [2.45, 2.75) is 33.7 Å². The van der Waals surface area contributed by atoms with E-state index in [-0.39, 0.29) is 5.56 Å². The fourth-order valence-corrected chi connectivity index (χ4v) is 2.94. The summed E-state index contributed by atoms with van der Waals surface area (Å²) in [5.74, 6) is 0.567. The minimum Gasteiger partial charge on any atom is -0.355 e. The summed E-state index contributed by atoms with van der Waals surface area (Å²) in [7, 11) is 3.49. The minimum absolute atomic E-state index is 0.0934. The summed E-state index contributed by atoms with van der Waals surface area (Å²) in [6.45, 7) is 7.45. The van der Waals surface area contributed by atoms with Gasteiger partial charge in [0.1, 0.15) is 5.52 Å². The molecule has 1 N–H and O–H groups in total. The zero-order valence-corrected chi connectivity index (χ0v) is 14.8. The van der Waals surface area contributed by atoms with E-state index >= 15 is 0 Å². The van der Waals surface area contributed by atoms with Crippen LogP contribution in [-0.4, -0.2) is 35.7 Å². The van der Waals surface area contributed by atoms with Crippen LogP contribution in [0.3, 0.4) is 0 Å². The van der Waals surface area contributed by atoms with E-state index in [9.17, 15) is 4.79 Å². The highest BCUT2D eigenvalue weighted by Crippen LogP contribution is 2.13. The molecule has 0 atom stereocenters. The molecule has 3 aromatic rings. The van der Waals surface area contributed by atoms with Crippen molar-refractivity contribution in [1.82, 2.24) is 29.1 Å². The SMILES string of the molecule is Cc1cc(C)n(CCCNc2nc3c(C)nn(C)c3c(=O)n2C)n1. The van der Waals surface area contributed by atoms with Crippen LogP contribution in [0.15, 0.2) is 10.9 Å². The van der Waals surface area contributed by atoms with E-state index < -0.39 is 0 Å². The third-order valence-corrected chi connectivity index (χ3v) is 4.17. The van der Waals surface area contributed by atoms with E-state index in [1.165, 1.54) is 4.57 Å². The van der Waals surface area contributed by atoms with Crippen molar-refractivity contribution >= 4 is 17.0 Å². The molecule has 0 amide bonds. The van der Waals surface area contributed by atoms with Crippen LogP contribution in [0, 0.1) is 20.8 Å². The van der Waals surface area contributed by atoms with E-state index in [2.05, 4.69) is 33.5 Å². The van der Waals surface area contributed by atoms with E-state index in [4.69, 9.17) is 0 Å². The fraction of sp³-hybridized carbons (Fsp3) is 0.500. The molecule has 0 saturated heterocycles. The Bertz CT molecular complexity index is 948. The summed E-state index contributed by atoms with van der Waals surface area (Å²) < 4.78 is 5.12. The second-order valence-electron chi connectivity index (χ2n) is 6.14. The Hall–Kier alpha value is -2.64. The molecule has 0 fully saturated rings. The van der Waals surface area contributed by atoms with Crippen molar-refractivity contribution in [2.75, 3.05) is 11.9 Å².